The van der Waals surface area contributed by atoms with Crippen LogP contribution in [0.25, 0.3) is 0 Å². The minimum Gasteiger partial charge on any atom is -0.493 e. The molecule has 1 aromatic carbocycles. The van der Waals surface area contributed by atoms with Gasteiger partial charge in [-0.2, -0.15) is 0 Å². The summed E-state index contributed by atoms with van der Waals surface area (Å²) in [6.07, 6.45) is 9.33. The highest BCUT2D eigenvalue weighted by Gasteiger charge is 2.43. The number of rotatable bonds is 7. The molecule has 0 spiro atoms. The van der Waals surface area contributed by atoms with Crippen LogP contribution in [0.5, 0.6) is 5.75 Å². The molecule has 0 radical (unpaired) electrons. The molecule has 3 aliphatic heterocycles. The van der Waals surface area contributed by atoms with Crippen molar-refractivity contribution in [3.63, 3.8) is 0 Å². The summed E-state index contributed by atoms with van der Waals surface area (Å²) >= 11 is 5.99. The Bertz CT molecular complexity index is 1280. The second-order valence-corrected chi connectivity index (χ2v) is 11.9. The van der Waals surface area contributed by atoms with Gasteiger partial charge in [0.2, 0.25) is 5.91 Å². The van der Waals surface area contributed by atoms with Crippen molar-refractivity contribution < 1.29 is 13.9 Å². The van der Waals surface area contributed by atoms with Crippen LogP contribution < -0.4 is 10.1 Å². The Hall–Kier alpha value is -3.00. The van der Waals surface area contributed by atoms with Crippen LogP contribution in [0, 0.1) is 23.6 Å². The fraction of sp³-hybridized carbons (Fsp3) is 0.533. The van der Waals surface area contributed by atoms with Crippen molar-refractivity contribution in [3.05, 3.63) is 64.3 Å². The van der Waals surface area contributed by atoms with Gasteiger partial charge in [-0.3, -0.25) is 4.79 Å². The molecule has 2 atom stereocenters. The minimum absolute atomic E-state index is 0.0353. The average molecular weight is 554 g/mol. The number of carbonyl (C=O) groups is 1. The number of halogens is 2. The van der Waals surface area contributed by atoms with E-state index in [-0.39, 0.29) is 18.1 Å². The van der Waals surface area contributed by atoms with Gasteiger partial charge >= 0.3 is 0 Å². The number of nitrogens with one attached hydrogen (secondary N) is 1. The van der Waals surface area contributed by atoms with Crippen LogP contribution in [0.4, 0.5) is 4.39 Å². The molecular formula is C30H37ClFN5O2. The monoisotopic (exact) mass is 553 g/mol. The first kappa shape index (κ1) is 26.2. The molecule has 39 heavy (non-hydrogen) atoms. The van der Waals surface area contributed by atoms with Crippen LogP contribution in [-0.4, -0.2) is 59.0 Å². The summed E-state index contributed by atoms with van der Waals surface area (Å²) in [5, 5.41) is 4.04. The largest absolute Gasteiger partial charge is 0.493 e. The van der Waals surface area contributed by atoms with Gasteiger partial charge < -0.3 is 24.4 Å². The number of guanidine groups is 1. The first-order valence-electron chi connectivity index (χ1n) is 14.2. The molecule has 7 nitrogen and oxygen atoms in total. The van der Waals surface area contributed by atoms with Gasteiger partial charge in [-0.25, -0.2) is 9.38 Å². The fourth-order valence-corrected chi connectivity index (χ4v) is 6.61. The molecule has 1 saturated carbocycles. The third-order valence-corrected chi connectivity index (χ3v) is 9.15. The normalized spacial score (nSPS) is 23.1. The number of fused-ring (bicyclic) bond motifs is 1. The van der Waals surface area contributed by atoms with E-state index in [1.54, 1.807) is 18.3 Å². The lowest BCUT2D eigenvalue weighted by Crippen LogP contribution is -2.47. The average Bonchev–Trinajstić information content (AvgIpc) is 3.63. The highest BCUT2D eigenvalue weighted by atomic mass is 35.5. The number of amides is 1. The van der Waals surface area contributed by atoms with E-state index in [0.29, 0.717) is 43.5 Å². The van der Waals surface area contributed by atoms with Gasteiger partial charge in [0.05, 0.1) is 24.6 Å². The molecule has 1 amide bonds. The van der Waals surface area contributed by atoms with Crippen LogP contribution in [-0.2, 0) is 31.2 Å². The zero-order chi connectivity index (χ0) is 26.9. The molecular weight excluding hydrogens is 517 g/mol. The number of hydrogen-bond donors (Lipinski definition) is 1. The van der Waals surface area contributed by atoms with E-state index in [9.17, 15) is 9.18 Å². The lowest BCUT2D eigenvalue weighted by molar-refractivity contribution is -0.131. The number of carbonyl (C=O) groups excluding carboxylic acids is 1. The van der Waals surface area contributed by atoms with Crippen molar-refractivity contribution >= 4 is 23.5 Å². The number of aromatic nitrogens is 1. The number of piperidine rings is 1. The summed E-state index contributed by atoms with van der Waals surface area (Å²) < 4.78 is 22.9. The summed E-state index contributed by atoms with van der Waals surface area (Å²) in [4.78, 5) is 21.4. The number of benzene rings is 1. The number of likely N-dealkylation sites (tertiary alicyclic amines) is 1. The van der Waals surface area contributed by atoms with Crippen LogP contribution in [0.1, 0.15) is 42.5 Å². The smallest absolute Gasteiger partial charge is 0.227 e. The Morgan fingerprint density at radius 3 is 2.85 bits per heavy atom. The van der Waals surface area contributed by atoms with E-state index in [4.69, 9.17) is 16.3 Å². The SMILES string of the molecule is Cn1ccc2c1CCN(C(=O)Cc1ccc(OCC[C@@H]3CC3C3CCN(C4=NC=C(Cl)CN4)CC3)cc1F)C2. The quantitative estimate of drug-likeness (QED) is 0.550. The summed E-state index contributed by atoms with van der Waals surface area (Å²) in [6.45, 7) is 4.58. The molecule has 208 valence electrons. The molecule has 1 aromatic heterocycles. The Labute approximate surface area is 234 Å². The summed E-state index contributed by atoms with van der Waals surface area (Å²) in [5.74, 6) is 3.31. The van der Waals surface area contributed by atoms with Gasteiger partial charge in [0.15, 0.2) is 5.96 Å². The summed E-state index contributed by atoms with van der Waals surface area (Å²) in [6, 6.07) is 6.98. The molecule has 1 N–H and O–H groups in total. The van der Waals surface area contributed by atoms with Gasteiger partial charge in [0.25, 0.3) is 0 Å². The molecule has 6 rings (SSSR count). The van der Waals surface area contributed by atoms with Crippen LogP contribution in [0.15, 0.2) is 46.7 Å². The number of aryl methyl sites for hydroxylation is 1. The van der Waals surface area contributed by atoms with Gasteiger partial charge in [-0.05, 0) is 66.7 Å². The highest BCUT2D eigenvalue weighted by molar-refractivity contribution is 6.30. The number of ether oxygens (including phenoxy) is 1. The minimum atomic E-state index is -0.371. The third-order valence-electron chi connectivity index (χ3n) is 8.92. The second kappa shape index (κ2) is 11.2. The van der Waals surface area contributed by atoms with Gasteiger partial charge in [-0.15, -0.1) is 0 Å². The molecule has 2 aromatic rings. The second-order valence-electron chi connectivity index (χ2n) is 11.4. The van der Waals surface area contributed by atoms with Crippen molar-refractivity contribution in [1.29, 1.82) is 0 Å². The third kappa shape index (κ3) is 5.96. The van der Waals surface area contributed by atoms with Crippen LogP contribution in [0.2, 0.25) is 0 Å². The topological polar surface area (TPSA) is 62.1 Å². The summed E-state index contributed by atoms with van der Waals surface area (Å²) in [7, 11) is 2.03. The van der Waals surface area contributed by atoms with Gasteiger partial charge in [-0.1, -0.05) is 17.7 Å². The van der Waals surface area contributed by atoms with Gasteiger partial charge in [0.1, 0.15) is 11.6 Å². The first-order valence-corrected chi connectivity index (χ1v) is 14.6. The van der Waals surface area contributed by atoms with E-state index in [2.05, 4.69) is 25.8 Å². The predicted molar refractivity (Wildman–Crippen MR) is 150 cm³/mol. The number of nitrogens with zero attached hydrogens (tertiary/aromatic N) is 4. The van der Waals surface area contributed by atoms with E-state index >= 15 is 0 Å². The Balaban J connectivity index is 0.919. The molecule has 9 heteroatoms. The standard InChI is InChI=1S/C30H37ClFN5O2/c1-35-9-4-23-19-37(12-7-28(23)35)29(38)15-22-2-3-25(16-27(22)32)39-13-8-21-14-26(21)20-5-10-36(11-6-20)30-33-17-24(31)18-34-30/h2-4,9,16-17,20-21,26H,5-8,10-15,18-19H2,1H3,(H,33,34)/t21-,26?/m1/s1. The van der Waals surface area contributed by atoms with E-state index in [0.717, 1.165) is 48.8 Å². The molecule has 1 saturated heterocycles. The Morgan fingerprint density at radius 2 is 2.08 bits per heavy atom. The maximum atomic E-state index is 14.8. The number of aliphatic imine (C=N–C) groups is 1. The van der Waals surface area contributed by atoms with Crippen LogP contribution >= 0.6 is 11.6 Å². The molecule has 2 fully saturated rings. The molecule has 4 heterocycles. The fourth-order valence-electron chi connectivity index (χ4n) is 6.50. The number of hydrogen-bond acceptors (Lipinski definition) is 5. The van der Waals surface area contributed by atoms with E-state index in [1.807, 2.05) is 18.1 Å². The lowest BCUT2D eigenvalue weighted by atomic mass is 9.90. The maximum absolute atomic E-state index is 14.8. The van der Waals surface area contributed by atoms with Crippen molar-refractivity contribution in [2.75, 3.05) is 32.8 Å². The Morgan fingerprint density at radius 1 is 1.23 bits per heavy atom. The molecule has 0 bridgehead atoms. The van der Waals surface area contributed by atoms with Crippen molar-refractivity contribution in [2.45, 2.75) is 45.1 Å². The van der Waals surface area contributed by atoms with Crippen LogP contribution in [0.3, 0.4) is 0 Å². The predicted octanol–water partition coefficient (Wildman–Crippen LogP) is 4.45. The lowest BCUT2D eigenvalue weighted by Gasteiger charge is -2.35. The van der Waals surface area contributed by atoms with Crippen molar-refractivity contribution in [3.8, 4) is 5.75 Å². The van der Waals surface area contributed by atoms with Crippen molar-refractivity contribution in [1.82, 2.24) is 19.7 Å². The summed E-state index contributed by atoms with van der Waals surface area (Å²) in [5.41, 5.74) is 2.88. The molecule has 4 aliphatic rings. The van der Waals surface area contributed by atoms with E-state index < -0.39 is 0 Å². The van der Waals surface area contributed by atoms with Gasteiger partial charge in [0, 0.05) is 63.8 Å². The first-order chi connectivity index (χ1) is 18.9. The Kier molecular flexibility index (Phi) is 7.56. The molecule has 1 unspecified atom stereocenters. The molecule has 1 aliphatic carbocycles. The van der Waals surface area contributed by atoms with E-state index in [1.165, 1.54) is 36.6 Å². The highest BCUT2D eigenvalue weighted by Crippen LogP contribution is 2.49. The zero-order valence-corrected chi connectivity index (χ0v) is 23.3. The zero-order valence-electron chi connectivity index (χ0n) is 22.5. The maximum Gasteiger partial charge on any atom is 0.227 e. The van der Waals surface area contributed by atoms with Crippen molar-refractivity contribution in [2.24, 2.45) is 29.8 Å².